The Morgan fingerprint density at radius 1 is 0.844 bits per heavy atom. The molecule has 2 saturated heterocycles. The number of nitrogens with zero attached hydrogens (tertiary/aromatic N) is 3. The molecule has 2 aliphatic rings. The van der Waals surface area contributed by atoms with Crippen LogP contribution in [-0.4, -0.2) is 62.0 Å². The number of para-hydroxylation sites is 2. The van der Waals surface area contributed by atoms with Crippen LogP contribution in [0.25, 0.3) is 0 Å². The Labute approximate surface area is 191 Å². The first-order valence-electron chi connectivity index (χ1n) is 11.8. The SMILES string of the molecule is CCC(=O)NC1CCN(c2ccccc2C(=O)N2CCN(c3ccccc3C)CC2)CC1. The molecular formula is C26H34N4O2. The van der Waals surface area contributed by atoms with Gasteiger partial charge in [0.25, 0.3) is 5.91 Å². The third-order valence-corrected chi connectivity index (χ3v) is 6.68. The van der Waals surface area contributed by atoms with Gasteiger partial charge in [-0.25, -0.2) is 0 Å². The van der Waals surface area contributed by atoms with Gasteiger partial charge in [0, 0.05) is 63.1 Å². The number of nitrogens with one attached hydrogen (secondary N) is 1. The quantitative estimate of drug-likeness (QED) is 0.783. The molecule has 170 valence electrons. The Kier molecular flexibility index (Phi) is 6.98. The maximum atomic E-state index is 13.4. The Hall–Kier alpha value is -3.02. The average Bonchev–Trinajstić information content (AvgIpc) is 2.84. The lowest BCUT2D eigenvalue weighted by Crippen LogP contribution is -2.49. The van der Waals surface area contributed by atoms with Crippen molar-refractivity contribution in [3.05, 3.63) is 59.7 Å². The van der Waals surface area contributed by atoms with Crippen molar-refractivity contribution in [3.8, 4) is 0 Å². The number of anilines is 2. The summed E-state index contributed by atoms with van der Waals surface area (Å²) < 4.78 is 0. The lowest BCUT2D eigenvalue weighted by atomic mass is 10.0. The summed E-state index contributed by atoms with van der Waals surface area (Å²) in [7, 11) is 0. The molecule has 0 aliphatic carbocycles. The summed E-state index contributed by atoms with van der Waals surface area (Å²) in [5.74, 6) is 0.232. The minimum Gasteiger partial charge on any atom is -0.371 e. The molecule has 0 radical (unpaired) electrons. The summed E-state index contributed by atoms with van der Waals surface area (Å²) in [5, 5.41) is 3.11. The molecule has 2 aliphatic heterocycles. The molecule has 2 amide bonds. The van der Waals surface area contributed by atoms with Crippen LogP contribution in [0.15, 0.2) is 48.5 Å². The molecule has 0 atom stereocenters. The Morgan fingerprint density at radius 3 is 2.09 bits per heavy atom. The van der Waals surface area contributed by atoms with Crippen LogP contribution in [0.5, 0.6) is 0 Å². The predicted octanol–water partition coefficient (Wildman–Crippen LogP) is 3.45. The molecule has 32 heavy (non-hydrogen) atoms. The largest absolute Gasteiger partial charge is 0.371 e. The highest BCUT2D eigenvalue weighted by atomic mass is 16.2. The molecule has 2 heterocycles. The molecule has 6 nitrogen and oxygen atoms in total. The van der Waals surface area contributed by atoms with Crippen molar-refractivity contribution in [2.24, 2.45) is 0 Å². The first kappa shape index (κ1) is 22.2. The summed E-state index contributed by atoms with van der Waals surface area (Å²) in [4.78, 5) is 31.8. The highest BCUT2D eigenvalue weighted by molar-refractivity contribution is 6.00. The smallest absolute Gasteiger partial charge is 0.256 e. The lowest BCUT2D eigenvalue weighted by molar-refractivity contribution is -0.121. The van der Waals surface area contributed by atoms with E-state index in [4.69, 9.17) is 0 Å². The van der Waals surface area contributed by atoms with Crippen molar-refractivity contribution < 1.29 is 9.59 Å². The van der Waals surface area contributed by atoms with E-state index in [9.17, 15) is 9.59 Å². The molecule has 6 heteroatoms. The predicted molar refractivity (Wildman–Crippen MR) is 129 cm³/mol. The van der Waals surface area contributed by atoms with E-state index in [1.807, 2.05) is 30.0 Å². The van der Waals surface area contributed by atoms with E-state index in [-0.39, 0.29) is 17.9 Å². The summed E-state index contributed by atoms with van der Waals surface area (Å²) in [6.45, 7) is 8.87. The van der Waals surface area contributed by atoms with E-state index in [1.54, 1.807) is 0 Å². The van der Waals surface area contributed by atoms with Gasteiger partial charge in [0.2, 0.25) is 5.91 Å². The fourth-order valence-electron chi connectivity index (χ4n) is 4.76. The number of carbonyl (C=O) groups excluding carboxylic acids is 2. The van der Waals surface area contributed by atoms with E-state index in [2.05, 4.69) is 52.4 Å². The summed E-state index contributed by atoms with van der Waals surface area (Å²) in [6.07, 6.45) is 2.33. The van der Waals surface area contributed by atoms with Gasteiger partial charge in [-0.2, -0.15) is 0 Å². The second-order valence-electron chi connectivity index (χ2n) is 8.77. The van der Waals surface area contributed by atoms with Crippen molar-refractivity contribution in [2.75, 3.05) is 49.1 Å². The second kappa shape index (κ2) is 10.1. The van der Waals surface area contributed by atoms with Crippen LogP contribution in [0.3, 0.4) is 0 Å². The van der Waals surface area contributed by atoms with Crippen LogP contribution >= 0.6 is 0 Å². The number of rotatable bonds is 5. The highest BCUT2D eigenvalue weighted by Gasteiger charge is 2.27. The van der Waals surface area contributed by atoms with Crippen LogP contribution < -0.4 is 15.1 Å². The maximum absolute atomic E-state index is 13.4. The van der Waals surface area contributed by atoms with Crippen LogP contribution in [0.1, 0.15) is 42.1 Å². The number of hydrogen-bond donors (Lipinski definition) is 1. The zero-order valence-electron chi connectivity index (χ0n) is 19.2. The molecule has 2 aromatic rings. The van der Waals surface area contributed by atoms with Crippen molar-refractivity contribution >= 4 is 23.2 Å². The minimum atomic E-state index is 0.115. The topological polar surface area (TPSA) is 55.9 Å². The molecule has 1 N–H and O–H groups in total. The number of benzene rings is 2. The van der Waals surface area contributed by atoms with E-state index < -0.39 is 0 Å². The van der Waals surface area contributed by atoms with Crippen LogP contribution in [0.4, 0.5) is 11.4 Å². The van der Waals surface area contributed by atoms with Crippen molar-refractivity contribution in [1.82, 2.24) is 10.2 Å². The minimum absolute atomic E-state index is 0.115. The first-order chi connectivity index (χ1) is 15.6. The standard InChI is InChI=1S/C26H34N4O2/c1-3-25(31)27-21-12-14-28(15-13-21)24-11-7-5-9-22(24)26(32)30-18-16-29(17-19-30)23-10-6-4-8-20(23)2/h4-11,21H,3,12-19H2,1-2H3,(H,27,31). The molecule has 0 saturated carbocycles. The van der Waals surface area contributed by atoms with E-state index in [1.165, 1.54) is 11.3 Å². The molecule has 4 rings (SSSR count). The average molecular weight is 435 g/mol. The fourth-order valence-corrected chi connectivity index (χ4v) is 4.76. The summed E-state index contributed by atoms with van der Waals surface area (Å²) in [6, 6.07) is 16.6. The van der Waals surface area contributed by atoms with Gasteiger partial charge in [0.15, 0.2) is 0 Å². The zero-order valence-corrected chi connectivity index (χ0v) is 19.2. The Morgan fingerprint density at radius 2 is 1.44 bits per heavy atom. The number of piperidine rings is 1. The van der Waals surface area contributed by atoms with E-state index >= 15 is 0 Å². The van der Waals surface area contributed by atoms with Gasteiger partial charge in [0.05, 0.1) is 5.56 Å². The molecular weight excluding hydrogens is 400 g/mol. The van der Waals surface area contributed by atoms with E-state index in [0.717, 1.165) is 63.4 Å². The molecule has 2 aromatic carbocycles. The lowest BCUT2D eigenvalue weighted by Gasteiger charge is -2.38. The summed E-state index contributed by atoms with van der Waals surface area (Å²) >= 11 is 0. The van der Waals surface area contributed by atoms with Crippen molar-refractivity contribution in [1.29, 1.82) is 0 Å². The van der Waals surface area contributed by atoms with E-state index in [0.29, 0.717) is 6.42 Å². The number of carbonyl (C=O) groups is 2. The number of aryl methyl sites for hydroxylation is 1. The number of amides is 2. The number of hydrogen-bond acceptors (Lipinski definition) is 4. The van der Waals surface area contributed by atoms with Gasteiger partial charge in [-0.15, -0.1) is 0 Å². The van der Waals surface area contributed by atoms with Gasteiger partial charge in [-0.3, -0.25) is 9.59 Å². The highest BCUT2D eigenvalue weighted by Crippen LogP contribution is 2.27. The number of piperazine rings is 1. The molecule has 2 fully saturated rings. The van der Waals surface area contributed by atoms with Gasteiger partial charge < -0.3 is 20.0 Å². The normalized spacial score (nSPS) is 17.4. The Bertz CT molecular complexity index is 944. The van der Waals surface area contributed by atoms with Crippen LogP contribution in [0.2, 0.25) is 0 Å². The maximum Gasteiger partial charge on any atom is 0.256 e. The van der Waals surface area contributed by atoms with Crippen LogP contribution in [-0.2, 0) is 4.79 Å². The van der Waals surface area contributed by atoms with Gasteiger partial charge >= 0.3 is 0 Å². The van der Waals surface area contributed by atoms with Crippen LogP contribution in [0, 0.1) is 6.92 Å². The Balaban J connectivity index is 1.39. The first-order valence-corrected chi connectivity index (χ1v) is 11.8. The summed E-state index contributed by atoms with van der Waals surface area (Å²) in [5.41, 5.74) is 4.33. The van der Waals surface area contributed by atoms with Crippen molar-refractivity contribution in [3.63, 3.8) is 0 Å². The third kappa shape index (κ3) is 4.90. The van der Waals surface area contributed by atoms with Gasteiger partial charge in [-0.1, -0.05) is 37.3 Å². The second-order valence-corrected chi connectivity index (χ2v) is 8.77. The third-order valence-electron chi connectivity index (χ3n) is 6.68. The zero-order chi connectivity index (χ0) is 22.5. The van der Waals surface area contributed by atoms with Gasteiger partial charge in [0.1, 0.15) is 0 Å². The monoisotopic (exact) mass is 434 g/mol. The van der Waals surface area contributed by atoms with Crippen molar-refractivity contribution in [2.45, 2.75) is 39.2 Å². The molecule has 0 spiro atoms. The van der Waals surface area contributed by atoms with Gasteiger partial charge in [-0.05, 0) is 43.5 Å². The molecule has 0 bridgehead atoms. The molecule has 0 unspecified atom stereocenters. The molecule has 0 aromatic heterocycles. The fraction of sp³-hybridized carbons (Fsp3) is 0.462.